The van der Waals surface area contributed by atoms with Gasteiger partial charge in [-0.25, -0.2) is 0 Å². The van der Waals surface area contributed by atoms with Crippen molar-refractivity contribution in [2.45, 2.75) is 25.4 Å². The van der Waals surface area contributed by atoms with Crippen molar-refractivity contribution in [2.75, 3.05) is 20.3 Å². The fraction of sp³-hybridized carbons (Fsp3) is 0.350. The second kappa shape index (κ2) is 8.03. The van der Waals surface area contributed by atoms with Crippen LogP contribution < -0.4 is 14.8 Å². The third-order valence-corrected chi connectivity index (χ3v) is 4.39. The summed E-state index contributed by atoms with van der Waals surface area (Å²) in [6.45, 7) is 0.901. The molecule has 0 aliphatic carbocycles. The summed E-state index contributed by atoms with van der Waals surface area (Å²) in [6.07, 6.45) is 1.19. The lowest BCUT2D eigenvalue weighted by atomic mass is 10.0. The van der Waals surface area contributed by atoms with Gasteiger partial charge in [-0.1, -0.05) is 18.2 Å². The van der Waals surface area contributed by atoms with Crippen molar-refractivity contribution in [3.05, 3.63) is 59.2 Å². The average molecular weight is 341 g/mol. The molecule has 0 fully saturated rings. The van der Waals surface area contributed by atoms with Crippen LogP contribution in [0.15, 0.2) is 42.5 Å². The van der Waals surface area contributed by atoms with Crippen LogP contribution in [0.2, 0.25) is 0 Å². The Morgan fingerprint density at radius 3 is 2.84 bits per heavy atom. The monoisotopic (exact) mass is 341 g/mol. The molecule has 1 amide bonds. The van der Waals surface area contributed by atoms with Crippen molar-refractivity contribution in [3.8, 4) is 11.5 Å². The van der Waals surface area contributed by atoms with Crippen LogP contribution in [0.1, 0.15) is 29.2 Å². The van der Waals surface area contributed by atoms with E-state index in [1.165, 1.54) is 0 Å². The van der Waals surface area contributed by atoms with Crippen LogP contribution in [0.25, 0.3) is 0 Å². The minimum atomic E-state index is -0.712. The number of benzene rings is 2. The first kappa shape index (κ1) is 17.3. The van der Waals surface area contributed by atoms with Crippen molar-refractivity contribution >= 4 is 5.91 Å². The number of amides is 1. The quantitative estimate of drug-likeness (QED) is 0.812. The summed E-state index contributed by atoms with van der Waals surface area (Å²) in [5.41, 5.74) is 3.00. The zero-order valence-electron chi connectivity index (χ0n) is 14.3. The van der Waals surface area contributed by atoms with Gasteiger partial charge in [-0.3, -0.25) is 4.79 Å². The molecule has 0 aromatic heterocycles. The molecular weight excluding hydrogens is 318 g/mol. The van der Waals surface area contributed by atoms with Crippen LogP contribution in [0, 0.1) is 0 Å². The summed E-state index contributed by atoms with van der Waals surface area (Å²) >= 11 is 0. The minimum absolute atomic E-state index is 0.0700. The normalized spacial score (nSPS) is 13.7. The Hall–Kier alpha value is -2.53. The number of hydrogen-bond donors (Lipinski definition) is 2. The summed E-state index contributed by atoms with van der Waals surface area (Å²) < 4.78 is 10.6. The van der Waals surface area contributed by atoms with Crippen molar-refractivity contribution in [1.82, 2.24) is 5.32 Å². The third-order valence-electron chi connectivity index (χ3n) is 4.39. The molecule has 1 aliphatic rings. The number of fused-ring (bicyclic) bond motifs is 1. The highest BCUT2D eigenvalue weighted by atomic mass is 16.5. The molecule has 3 rings (SSSR count). The Morgan fingerprint density at radius 2 is 2.08 bits per heavy atom. The van der Waals surface area contributed by atoms with Crippen LogP contribution >= 0.6 is 0 Å². The van der Waals surface area contributed by atoms with E-state index in [2.05, 4.69) is 5.32 Å². The molecule has 132 valence electrons. The van der Waals surface area contributed by atoms with Crippen LogP contribution in [-0.2, 0) is 17.6 Å². The van der Waals surface area contributed by atoms with E-state index in [9.17, 15) is 9.90 Å². The lowest BCUT2D eigenvalue weighted by molar-refractivity contribution is -0.121. The molecule has 1 unspecified atom stereocenters. The van der Waals surface area contributed by atoms with E-state index in [4.69, 9.17) is 9.47 Å². The number of carbonyl (C=O) groups excluding carboxylic acids is 1. The van der Waals surface area contributed by atoms with Gasteiger partial charge in [0.2, 0.25) is 5.91 Å². The number of aliphatic hydroxyl groups excluding tert-OH is 1. The maximum absolute atomic E-state index is 12.0. The SMILES string of the molecule is COc1ccc(CCC(=O)NCC(O)c2ccc3c(c2)CCO3)cc1. The molecule has 2 N–H and O–H groups in total. The molecule has 1 atom stereocenters. The molecule has 0 bridgehead atoms. The molecule has 0 spiro atoms. The first-order chi connectivity index (χ1) is 12.2. The lowest BCUT2D eigenvalue weighted by Gasteiger charge is -2.13. The van der Waals surface area contributed by atoms with Gasteiger partial charge in [-0.05, 0) is 47.4 Å². The summed E-state index contributed by atoms with van der Waals surface area (Å²) in [7, 11) is 1.63. The van der Waals surface area contributed by atoms with Crippen LogP contribution in [0.4, 0.5) is 0 Å². The fourth-order valence-corrected chi connectivity index (χ4v) is 2.88. The van der Waals surface area contributed by atoms with Crippen LogP contribution in [-0.4, -0.2) is 31.3 Å². The Morgan fingerprint density at radius 1 is 1.28 bits per heavy atom. The first-order valence-electron chi connectivity index (χ1n) is 8.49. The van der Waals surface area contributed by atoms with E-state index < -0.39 is 6.10 Å². The topological polar surface area (TPSA) is 67.8 Å². The van der Waals surface area contributed by atoms with Crippen molar-refractivity contribution in [1.29, 1.82) is 0 Å². The summed E-state index contributed by atoms with van der Waals surface area (Å²) in [5.74, 6) is 1.62. The van der Waals surface area contributed by atoms with E-state index >= 15 is 0 Å². The number of aliphatic hydroxyl groups is 1. The van der Waals surface area contributed by atoms with Gasteiger partial charge in [0.1, 0.15) is 11.5 Å². The second-order valence-corrected chi connectivity index (χ2v) is 6.13. The summed E-state index contributed by atoms with van der Waals surface area (Å²) in [4.78, 5) is 12.0. The van der Waals surface area contributed by atoms with Crippen molar-refractivity contribution < 1.29 is 19.4 Å². The van der Waals surface area contributed by atoms with Crippen LogP contribution in [0.3, 0.4) is 0 Å². The number of nitrogens with one attached hydrogen (secondary N) is 1. The standard InChI is InChI=1S/C20H23NO4/c1-24-17-6-2-14(3-7-17)4-9-20(23)21-13-18(22)15-5-8-19-16(12-15)10-11-25-19/h2-3,5-8,12,18,22H,4,9-11,13H2,1H3,(H,21,23). The number of ether oxygens (including phenoxy) is 2. The van der Waals surface area contributed by atoms with Gasteiger partial charge in [0.15, 0.2) is 0 Å². The maximum atomic E-state index is 12.0. The zero-order valence-corrected chi connectivity index (χ0v) is 14.3. The number of carbonyl (C=O) groups is 1. The number of rotatable bonds is 7. The van der Waals surface area contributed by atoms with Gasteiger partial charge in [0, 0.05) is 19.4 Å². The van der Waals surface area contributed by atoms with E-state index in [0.717, 1.165) is 34.6 Å². The number of methoxy groups -OCH3 is 1. The molecule has 1 heterocycles. The predicted molar refractivity (Wildman–Crippen MR) is 94.9 cm³/mol. The van der Waals surface area contributed by atoms with Gasteiger partial charge in [-0.2, -0.15) is 0 Å². The molecule has 2 aromatic rings. The molecule has 1 aliphatic heterocycles. The molecule has 25 heavy (non-hydrogen) atoms. The highest BCUT2D eigenvalue weighted by Gasteiger charge is 2.16. The number of aryl methyl sites for hydroxylation is 1. The molecule has 5 heteroatoms. The van der Waals surface area contributed by atoms with E-state index in [-0.39, 0.29) is 12.5 Å². The first-order valence-corrected chi connectivity index (χ1v) is 8.49. The van der Waals surface area contributed by atoms with Crippen molar-refractivity contribution in [2.24, 2.45) is 0 Å². The molecule has 0 saturated carbocycles. The molecule has 5 nitrogen and oxygen atoms in total. The zero-order chi connectivity index (χ0) is 17.6. The fourth-order valence-electron chi connectivity index (χ4n) is 2.88. The summed E-state index contributed by atoms with van der Waals surface area (Å²) in [5, 5.41) is 13.1. The predicted octanol–water partition coefficient (Wildman–Crippen LogP) is 2.41. The second-order valence-electron chi connectivity index (χ2n) is 6.13. The largest absolute Gasteiger partial charge is 0.497 e. The minimum Gasteiger partial charge on any atom is -0.497 e. The van der Waals surface area contributed by atoms with E-state index in [0.29, 0.717) is 19.4 Å². The molecule has 0 saturated heterocycles. The Labute approximate surface area is 147 Å². The van der Waals surface area contributed by atoms with Gasteiger partial charge in [-0.15, -0.1) is 0 Å². The Kier molecular flexibility index (Phi) is 5.56. The summed E-state index contributed by atoms with van der Waals surface area (Å²) in [6, 6.07) is 13.4. The van der Waals surface area contributed by atoms with Gasteiger partial charge in [0.25, 0.3) is 0 Å². The van der Waals surface area contributed by atoms with Crippen molar-refractivity contribution in [3.63, 3.8) is 0 Å². The Balaban J connectivity index is 1.45. The highest BCUT2D eigenvalue weighted by molar-refractivity contribution is 5.76. The molecule has 0 radical (unpaired) electrons. The molecule has 2 aromatic carbocycles. The number of hydrogen-bond acceptors (Lipinski definition) is 4. The van der Waals surface area contributed by atoms with E-state index in [1.807, 2.05) is 42.5 Å². The van der Waals surface area contributed by atoms with E-state index in [1.54, 1.807) is 7.11 Å². The highest BCUT2D eigenvalue weighted by Crippen LogP contribution is 2.28. The smallest absolute Gasteiger partial charge is 0.220 e. The third kappa shape index (κ3) is 4.51. The lowest BCUT2D eigenvalue weighted by Crippen LogP contribution is -2.28. The van der Waals surface area contributed by atoms with Gasteiger partial charge < -0.3 is 19.9 Å². The van der Waals surface area contributed by atoms with Crippen LogP contribution in [0.5, 0.6) is 11.5 Å². The average Bonchev–Trinajstić information content (AvgIpc) is 3.12. The Bertz CT molecular complexity index is 727. The van der Waals surface area contributed by atoms with Gasteiger partial charge >= 0.3 is 0 Å². The van der Waals surface area contributed by atoms with Gasteiger partial charge in [0.05, 0.1) is 19.8 Å². The molecular formula is C20H23NO4. The maximum Gasteiger partial charge on any atom is 0.220 e.